The number of amides is 1. The molecule has 266 valence electrons. The summed E-state index contributed by atoms with van der Waals surface area (Å²) >= 11 is 0. The average molecular weight is 659 g/mol. The molecule has 5 aliphatic carbocycles. The molecule has 14 atom stereocenters. The lowest BCUT2D eigenvalue weighted by molar-refractivity contribution is -0.248. The molecule has 1 amide bonds. The molecule has 5 saturated carbocycles. The lowest BCUT2D eigenvalue weighted by atomic mass is 9.41. The highest BCUT2D eigenvalue weighted by atomic mass is 16.7. The van der Waals surface area contributed by atoms with Crippen LogP contribution in [0.1, 0.15) is 99.8 Å². The van der Waals surface area contributed by atoms with Gasteiger partial charge < -0.3 is 39.7 Å². The molecule has 2 spiro atoms. The number of nitrogens with one attached hydrogen (secondary N) is 1. The molecule has 0 aromatic carbocycles. The first kappa shape index (κ1) is 33.3. The van der Waals surface area contributed by atoms with E-state index >= 15 is 0 Å². The Labute approximate surface area is 281 Å². The first-order chi connectivity index (χ1) is 22.0. The summed E-state index contributed by atoms with van der Waals surface area (Å²) in [6.07, 6.45) is 6.08. The summed E-state index contributed by atoms with van der Waals surface area (Å²) in [5, 5.41) is 37.3. The van der Waals surface area contributed by atoms with Crippen LogP contribution in [0.4, 0.5) is 0 Å². The quantitative estimate of drug-likeness (QED) is 0.353. The molecular weight excluding hydrogens is 596 g/mol. The predicted molar refractivity (Wildman–Crippen MR) is 176 cm³/mol. The van der Waals surface area contributed by atoms with Crippen molar-refractivity contribution in [2.45, 2.75) is 142 Å². The second-order valence-corrected chi connectivity index (χ2v) is 19.2. The fraction of sp³-hybridized carbons (Fsp3) is 0.974. The summed E-state index contributed by atoms with van der Waals surface area (Å²) in [7, 11) is 0. The second-order valence-electron chi connectivity index (χ2n) is 19.2. The Morgan fingerprint density at radius 2 is 1.74 bits per heavy atom. The molecule has 8 rings (SSSR count). The molecule has 3 aliphatic heterocycles. The van der Waals surface area contributed by atoms with Gasteiger partial charge in [0.25, 0.3) is 0 Å². The van der Waals surface area contributed by atoms with E-state index in [-0.39, 0.29) is 63.3 Å². The van der Waals surface area contributed by atoms with Crippen LogP contribution in [-0.2, 0) is 19.0 Å². The van der Waals surface area contributed by atoms with Gasteiger partial charge in [0.15, 0.2) is 6.29 Å². The van der Waals surface area contributed by atoms with Crippen molar-refractivity contribution in [1.29, 1.82) is 0 Å². The van der Waals surface area contributed by atoms with E-state index in [1.54, 1.807) is 13.8 Å². The van der Waals surface area contributed by atoms with Gasteiger partial charge >= 0.3 is 0 Å². The number of carbonyl (C=O) groups excluding carboxylic acids is 1. The maximum absolute atomic E-state index is 13.0. The Bertz CT molecular complexity index is 1270. The molecule has 47 heavy (non-hydrogen) atoms. The molecule has 0 radical (unpaired) electrons. The first-order valence-electron chi connectivity index (χ1n) is 19.0. The maximum Gasteiger partial charge on any atom is 0.228 e. The Hall–Kier alpha value is -0.810. The summed E-state index contributed by atoms with van der Waals surface area (Å²) in [6, 6.07) is 0. The van der Waals surface area contributed by atoms with Crippen molar-refractivity contribution in [1.82, 2.24) is 10.2 Å². The number of hydrogen-bond acceptors (Lipinski definition) is 8. The van der Waals surface area contributed by atoms with Crippen LogP contribution in [-0.4, -0.2) is 101 Å². The van der Waals surface area contributed by atoms with E-state index in [1.165, 1.54) is 12.8 Å². The Kier molecular flexibility index (Phi) is 7.53. The zero-order chi connectivity index (χ0) is 33.5. The minimum absolute atomic E-state index is 0.0116. The van der Waals surface area contributed by atoms with Gasteiger partial charge in [0.1, 0.15) is 6.10 Å². The minimum Gasteiger partial charge on any atom is -0.390 e. The Morgan fingerprint density at radius 1 is 1.04 bits per heavy atom. The average Bonchev–Trinajstić information content (AvgIpc) is 3.61. The van der Waals surface area contributed by atoms with Crippen molar-refractivity contribution in [3.8, 4) is 0 Å². The van der Waals surface area contributed by atoms with Crippen LogP contribution in [0.3, 0.4) is 0 Å². The van der Waals surface area contributed by atoms with Gasteiger partial charge in [0, 0.05) is 25.0 Å². The SMILES string of the molecule is CC1CC(C(O)C(C)(C)O)OC2C1C1(C)CCC34CC35CCC(OC3CN(C(=O)C6CNC6)CCO3)C(C)(C)C5CCC4C1(C)C2O. The van der Waals surface area contributed by atoms with Crippen LogP contribution in [0.15, 0.2) is 0 Å². The van der Waals surface area contributed by atoms with Crippen molar-refractivity contribution in [3.63, 3.8) is 0 Å². The minimum atomic E-state index is -1.26. The predicted octanol–water partition coefficient (Wildman–Crippen LogP) is 3.72. The second kappa shape index (κ2) is 10.6. The highest BCUT2D eigenvalue weighted by Gasteiger charge is 2.84. The lowest BCUT2D eigenvalue weighted by Crippen LogP contribution is -2.60. The van der Waals surface area contributed by atoms with Crippen molar-refractivity contribution < 1.29 is 34.3 Å². The van der Waals surface area contributed by atoms with Crippen molar-refractivity contribution >= 4 is 5.91 Å². The number of rotatable bonds is 5. The number of morpholine rings is 1. The van der Waals surface area contributed by atoms with Crippen LogP contribution < -0.4 is 5.32 Å². The normalized spacial score (nSPS) is 52.6. The first-order valence-corrected chi connectivity index (χ1v) is 19.0. The van der Waals surface area contributed by atoms with Crippen molar-refractivity contribution in [2.24, 2.45) is 56.7 Å². The number of ether oxygens (including phenoxy) is 3. The van der Waals surface area contributed by atoms with E-state index in [0.29, 0.717) is 43.9 Å². The zero-order valence-corrected chi connectivity index (χ0v) is 30.0. The molecule has 4 N–H and O–H groups in total. The van der Waals surface area contributed by atoms with Gasteiger partial charge in [-0.25, -0.2) is 0 Å². The largest absolute Gasteiger partial charge is 0.390 e. The number of aliphatic hydroxyl groups is 3. The van der Waals surface area contributed by atoms with E-state index in [9.17, 15) is 20.1 Å². The van der Waals surface area contributed by atoms with Gasteiger partial charge in [-0.15, -0.1) is 0 Å². The van der Waals surface area contributed by atoms with Gasteiger partial charge in [-0.05, 0) is 111 Å². The molecule has 14 unspecified atom stereocenters. The molecule has 0 aromatic rings. The molecule has 3 heterocycles. The van der Waals surface area contributed by atoms with Crippen molar-refractivity contribution in [2.75, 3.05) is 32.8 Å². The van der Waals surface area contributed by atoms with Crippen LogP contribution in [0.25, 0.3) is 0 Å². The third kappa shape index (κ3) is 4.35. The maximum atomic E-state index is 13.0. The highest BCUT2D eigenvalue weighted by Crippen LogP contribution is 2.89. The number of aliphatic hydroxyl groups excluding tert-OH is 2. The van der Waals surface area contributed by atoms with Gasteiger partial charge in [0.2, 0.25) is 5.91 Å². The Morgan fingerprint density at radius 3 is 2.43 bits per heavy atom. The van der Waals surface area contributed by atoms with Crippen LogP contribution in [0.2, 0.25) is 0 Å². The van der Waals surface area contributed by atoms with Gasteiger partial charge in [-0.3, -0.25) is 4.79 Å². The fourth-order valence-corrected chi connectivity index (χ4v) is 14.0. The highest BCUT2D eigenvalue weighted by molar-refractivity contribution is 5.80. The third-order valence-corrected chi connectivity index (χ3v) is 16.6. The van der Waals surface area contributed by atoms with Gasteiger partial charge in [-0.1, -0.05) is 34.6 Å². The van der Waals surface area contributed by atoms with Crippen LogP contribution in [0.5, 0.6) is 0 Å². The summed E-state index contributed by atoms with van der Waals surface area (Å²) in [6.45, 7) is 18.5. The molecule has 8 aliphatic rings. The van der Waals surface area contributed by atoms with E-state index < -0.39 is 23.9 Å². The number of hydrogen-bond donors (Lipinski definition) is 4. The van der Waals surface area contributed by atoms with E-state index in [2.05, 4.69) is 39.9 Å². The third-order valence-electron chi connectivity index (χ3n) is 16.6. The lowest BCUT2D eigenvalue weighted by Gasteiger charge is -2.64. The van der Waals surface area contributed by atoms with Crippen LogP contribution >= 0.6 is 0 Å². The molecule has 0 aromatic heterocycles. The summed E-state index contributed by atoms with van der Waals surface area (Å²) in [4.78, 5) is 14.9. The van der Waals surface area contributed by atoms with Gasteiger partial charge in [-0.2, -0.15) is 0 Å². The fourth-order valence-electron chi connectivity index (χ4n) is 14.0. The summed E-state index contributed by atoms with van der Waals surface area (Å²) < 4.78 is 19.6. The van der Waals surface area contributed by atoms with Gasteiger partial charge in [0.05, 0.1) is 49.1 Å². The molecule has 9 heteroatoms. The number of carbonyl (C=O) groups is 1. The zero-order valence-electron chi connectivity index (χ0n) is 30.0. The monoisotopic (exact) mass is 658 g/mol. The topological polar surface area (TPSA) is 121 Å². The standard InChI is InChI=1S/C38H62N2O7/c1-21-16-23(30(41)34(4,5)44)46-29-28(21)35(6)12-13-38-20-37(38)11-10-26(33(2,3)24(37)8-9-25(38)36(35,7)31(29)42)47-27-19-40(14-15-45-27)32(43)22-17-39-18-22/h21-31,39,41-42,44H,8-20H2,1-7H3. The summed E-state index contributed by atoms with van der Waals surface area (Å²) in [5.74, 6) is 1.85. The molecule has 9 nitrogen and oxygen atoms in total. The smallest absolute Gasteiger partial charge is 0.228 e. The summed E-state index contributed by atoms with van der Waals surface area (Å²) in [5.41, 5.74) is -1.04. The van der Waals surface area contributed by atoms with Crippen molar-refractivity contribution in [3.05, 3.63) is 0 Å². The number of fused-ring (bicyclic) bond motifs is 4. The molecule has 8 fully saturated rings. The molecule has 0 bridgehead atoms. The van der Waals surface area contributed by atoms with E-state index in [0.717, 1.165) is 45.2 Å². The van der Waals surface area contributed by atoms with E-state index in [4.69, 9.17) is 14.2 Å². The van der Waals surface area contributed by atoms with E-state index in [1.807, 2.05) is 4.90 Å². The molecular formula is C38H62N2O7. The molecule has 3 saturated heterocycles. The number of nitrogens with zero attached hydrogens (tertiary/aromatic N) is 1. The van der Waals surface area contributed by atoms with Crippen LogP contribution in [0, 0.1) is 56.7 Å². The Balaban J connectivity index is 1.01.